The molecule has 0 unspecified atom stereocenters. The number of anilines is 1. The Morgan fingerprint density at radius 2 is 1.67 bits per heavy atom. The molecule has 39 heavy (non-hydrogen) atoms. The van der Waals surface area contributed by atoms with Crippen molar-refractivity contribution in [3.8, 4) is 11.5 Å². The van der Waals surface area contributed by atoms with Crippen LogP contribution in [-0.2, 0) is 27.4 Å². The van der Waals surface area contributed by atoms with E-state index in [4.69, 9.17) is 49.6 Å². The highest BCUT2D eigenvalue weighted by molar-refractivity contribution is 7.80. The summed E-state index contributed by atoms with van der Waals surface area (Å²) in [6, 6.07) is 18.1. The normalized spacial score (nSPS) is 14.2. The predicted molar refractivity (Wildman–Crippen MR) is 156 cm³/mol. The second-order valence-corrected chi connectivity index (χ2v) is 9.76. The van der Waals surface area contributed by atoms with Crippen molar-refractivity contribution >= 4 is 64.2 Å². The number of amides is 1. The molecule has 0 radical (unpaired) electrons. The third kappa shape index (κ3) is 6.36. The topological polar surface area (TPSA) is 68.3 Å². The third-order valence-corrected chi connectivity index (χ3v) is 7.26. The van der Waals surface area contributed by atoms with Crippen molar-refractivity contribution in [2.45, 2.75) is 20.0 Å². The van der Waals surface area contributed by atoms with E-state index in [1.54, 1.807) is 36.4 Å². The zero-order valence-corrected chi connectivity index (χ0v) is 23.9. The summed E-state index contributed by atoms with van der Waals surface area (Å²) in [6.45, 7) is 2.09. The van der Waals surface area contributed by atoms with Crippen LogP contribution in [0.1, 0.15) is 23.6 Å². The number of ether oxygens (including phenoxy) is 3. The van der Waals surface area contributed by atoms with Crippen LogP contribution in [0.25, 0.3) is 6.08 Å². The Bertz CT molecular complexity index is 1440. The van der Waals surface area contributed by atoms with Gasteiger partial charge in [-0.3, -0.25) is 14.5 Å². The number of benzene rings is 3. The van der Waals surface area contributed by atoms with Gasteiger partial charge in [0.05, 0.1) is 30.0 Å². The van der Waals surface area contributed by atoms with Crippen LogP contribution in [-0.4, -0.2) is 42.7 Å². The highest BCUT2D eigenvalue weighted by Gasteiger charge is 2.40. The van der Waals surface area contributed by atoms with E-state index in [9.17, 15) is 9.59 Å². The monoisotopic (exact) mass is 584 g/mol. The SMILES string of the molecule is CCc1ccc(N2C(=O)/C(=C/c3ccc(OCc4ccc(Cl)c(Cl)c4)c(OC)c3)N(CC(=O)OC)C2=S)cc1. The molecule has 1 aliphatic heterocycles. The van der Waals surface area contributed by atoms with Crippen LogP contribution in [0.3, 0.4) is 0 Å². The molecule has 0 atom stereocenters. The average Bonchev–Trinajstić information content (AvgIpc) is 3.17. The van der Waals surface area contributed by atoms with Gasteiger partial charge in [-0.05, 0) is 77.8 Å². The largest absolute Gasteiger partial charge is 0.493 e. The summed E-state index contributed by atoms with van der Waals surface area (Å²) in [5.74, 6) is 0.0851. The van der Waals surface area contributed by atoms with Crippen LogP contribution in [0.4, 0.5) is 5.69 Å². The number of carbonyl (C=O) groups excluding carboxylic acids is 2. The fourth-order valence-corrected chi connectivity index (χ4v) is 4.65. The van der Waals surface area contributed by atoms with Gasteiger partial charge >= 0.3 is 5.97 Å². The fraction of sp³-hybridized carbons (Fsp3) is 0.207. The number of nitrogens with zero attached hydrogens (tertiary/aromatic N) is 2. The second-order valence-electron chi connectivity index (χ2n) is 8.58. The molecule has 0 saturated carbocycles. The Hall–Kier alpha value is -3.59. The minimum absolute atomic E-state index is 0.189. The Morgan fingerprint density at radius 1 is 0.949 bits per heavy atom. The van der Waals surface area contributed by atoms with E-state index in [1.807, 2.05) is 30.3 Å². The van der Waals surface area contributed by atoms with E-state index < -0.39 is 5.97 Å². The number of rotatable bonds is 9. The smallest absolute Gasteiger partial charge is 0.325 e. The van der Waals surface area contributed by atoms with Crippen LogP contribution in [0.5, 0.6) is 11.5 Å². The molecule has 1 amide bonds. The summed E-state index contributed by atoms with van der Waals surface area (Å²) >= 11 is 17.7. The number of hydrogen-bond acceptors (Lipinski definition) is 6. The molecule has 1 fully saturated rings. The number of thiocarbonyl (C=S) groups is 1. The molecule has 7 nitrogen and oxygen atoms in total. The number of methoxy groups -OCH3 is 2. The van der Waals surface area contributed by atoms with Crippen LogP contribution < -0.4 is 14.4 Å². The van der Waals surface area contributed by atoms with Gasteiger partial charge in [0.1, 0.15) is 18.8 Å². The van der Waals surface area contributed by atoms with Crippen LogP contribution in [0, 0.1) is 0 Å². The van der Waals surface area contributed by atoms with Gasteiger partial charge in [-0.1, -0.05) is 54.4 Å². The molecular formula is C29H26Cl2N2O5S. The van der Waals surface area contributed by atoms with Crippen molar-refractivity contribution in [1.29, 1.82) is 0 Å². The van der Waals surface area contributed by atoms with Gasteiger partial charge in [-0.25, -0.2) is 0 Å². The molecule has 0 N–H and O–H groups in total. The number of aryl methyl sites for hydroxylation is 1. The van der Waals surface area contributed by atoms with Crippen LogP contribution >= 0.6 is 35.4 Å². The van der Waals surface area contributed by atoms with Gasteiger partial charge in [0.15, 0.2) is 16.6 Å². The van der Waals surface area contributed by atoms with E-state index in [2.05, 4.69) is 6.92 Å². The number of carbonyl (C=O) groups is 2. The van der Waals surface area contributed by atoms with E-state index >= 15 is 0 Å². The highest BCUT2D eigenvalue weighted by atomic mass is 35.5. The first kappa shape index (κ1) is 28.4. The molecule has 0 spiro atoms. The molecule has 1 saturated heterocycles. The first-order chi connectivity index (χ1) is 18.7. The lowest BCUT2D eigenvalue weighted by atomic mass is 10.1. The van der Waals surface area contributed by atoms with E-state index in [0.29, 0.717) is 32.8 Å². The van der Waals surface area contributed by atoms with Crippen molar-refractivity contribution in [1.82, 2.24) is 4.90 Å². The van der Waals surface area contributed by atoms with Crippen molar-refractivity contribution in [2.24, 2.45) is 0 Å². The van der Waals surface area contributed by atoms with E-state index in [0.717, 1.165) is 17.5 Å². The van der Waals surface area contributed by atoms with Gasteiger partial charge in [0.25, 0.3) is 5.91 Å². The zero-order valence-electron chi connectivity index (χ0n) is 21.6. The molecule has 10 heteroatoms. The maximum atomic E-state index is 13.6. The number of halogens is 2. The summed E-state index contributed by atoms with van der Waals surface area (Å²) in [7, 11) is 2.81. The molecule has 3 aromatic carbocycles. The third-order valence-electron chi connectivity index (χ3n) is 6.12. The number of esters is 1. The van der Waals surface area contributed by atoms with Crippen molar-refractivity contribution < 1.29 is 23.8 Å². The van der Waals surface area contributed by atoms with Crippen molar-refractivity contribution in [2.75, 3.05) is 25.7 Å². The maximum absolute atomic E-state index is 13.6. The molecule has 3 aromatic rings. The van der Waals surface area contributed by atoms with Gasteiger partial charge in [-0.2, -0.15) is 0 Å². The Balaban J connectivity index is 1.63. The van der Waals surface area contributed by atoms with Gasteiger partial charge < -0.3 is 19.1 Å². The molecule has 4 rings (SSSR count). The standard InChI is InChI=1S/C29H26Cl2N2O5S/c1-4-18-5-9-21(10-6-18)33-28(35)24(32(29(33)39)16-27(34)37-3)14-19-8-12-25(26(15-19)36-2)38-17-20-7-11-22(30)23(31)13-20/h5-15H,4,16-17H2,1-3H3/b24-14-. The average molecular weight is 586 g/mol. The molecule has 0 aromatic heterocycles. The van der Waals surface area contributed by atoms with Gasteiger partial charge in [0, 0.05) is 0 Å². The fourth-order valence-electron chi connectivity index (χ4n) is 3.98. The lowest BCUT2D eigenvalue weighted by molar-refractivity contribution is -0.140. The Morgan fingerprint density at radius 3 is 2.31 bits per heavy atom. The zero-order chi connectivity index (χ0) is 28.1. The molecule has 202 valence electrons. The lowest BCUT2D eigenvalue weighted by Crippen LogP contribution is -2.35. The quantitative estimate of drug-likeness (QED) is 0.166. The predicted octanol–water partition coefficient (Wildman–Crippen LogP) is 6.29. The van der Waals surface area contributed by atoms with E-state index in [1.165, 1.54) is 24.0 Å². The first-order valence-corrected chi connectivity index (χ1v) is 13.2. The van der Waals surface area contributed by atoms with Crippen LogP contribution in [0.2, 0.25) is 10.0 Å². The molecule has 1 aliphatic rings. The molecule has 1 heterocycles. The van der Waals surface area contributed by atoms with Gasteiger partial charge in [-0.15, -0.1) is 0 Å². The van der Waals surface area contributed by atoms with E-state index in [-0.39, 0.29) is 29.9 Å². The summed E-state index contributed by atoms with van der Waals surface area (Å²) < 4.78 is 16.3. The molecule has 0 aliphatic carbocycles. The van der Waals surface area contributed by atoms with Crippen LogP contribution in [0.15, 0.2) is 66.4 Å². The second kappa shape index (κ2) is 12.5. The summed E-state index contributed by atoms with van der Waals surface area (Å²) in [4.78, 5) is 28.7. The minimum Gasteiger partial charge on any atom is -0.493 e. The first-order valence-electron chi connectivity index (χ1n) is 12.0. The summed E-state index contributed by atoms with van der Waals surface area (Å²) in [5, 5.41) is 1.10. The Kier molecular flexibility index (Phi) is 9.12. The van der Waals surface area contributed by atoms with Gasteiger partial charge in [0.2, 0.25) is 0 Å². The number of hydrogen-bond donors (Lipinski definition) is 0. The minimum atomic E-state index is -0.525. The molecular weight excluding hydrogens is 559 g/mol. The lowest BCUT2D eigenvalue weighted by Gasteiger charge is -2.19. The molecule has 0 bridgehead atoms. The van der Waals surface area contributed by atoms with Crippen molar-refractivity contribution in [3.05, 3.63) is 93.1 Å². The maximum Gasteiger partial charge on any atom is 0.325 e. The summed E-state index contributed by atoms with van der Waals surface area (Å²) in [5.41, 5.74) is 3.47. The summed E-state index contributed by atoms with van der Waals surface area (Å²) in [6.07, 6.45) is 2.52. The van der Waals surface area contributed by atoms with Crippen molar-refractivity contribution in [3.63, 3.8) is 0 Å². The highest BCUT2D eigenvalue weighted by Crippen LogP contribution is 2.33. The Labute approximate surface area is 242 Å².